The predicted molar refractivity (Wildman–Crippen MR) is 123 cm³/mol. The van der Waals surface area contributed by atoms with Crippen molar-refractivity contribution in [1.82, 2.24) is 24.6 Å². The Morgan fingerprint density at radius 1 is 1.17 bits per heavy atom. The maximum absolute atomic E-state index is 12.7. The number of rotatable bonds is 6. The second-order valence-corrected chi connectivity index (χ2v) is 10.1. The Hall–Kier alpha value is -1.87. The zero-order valence-electron chi connectivity index (χ0n) is 17.0. The van der Waals surface area contributed by atoms with E-state index in [0.29, 0.717) is 5.75 Å². The number of amides is 1. The molecule has 1 aliphatic rings. The minimum Gasteiger partial charge on any atom is -0.339 e. The quantitative estimate of drug-likeness (QED) is 0.520. The lowest BCUT2D eigenvalue weighted by Gasteiger charge is -2.34. The highest BCUT2D eigenvalue weighted by Gasteiger charge is 2.22. The van der Waals surface area contributed by atoms with Crippen molar-refractivity contribution in [1.29, 1.82) is 0 Å². The Morgan fingerprint density at radius 3 is 2.67 bits per heavy atom. The van der Waals surface area contributed by atoms with E-state index in [1.807, 2.05) is 34.7 Å². The van der Waals surface area contributed by atoms with Crippen molar-refractivity contribution in [3.05, 3.63) is 51.2 Å². The molecule has 0 aliphatic carbocycles. The van der Waals surface area contributed by atoms with Crippen molar-refractivity contribution in [2.45, 2.75) is 18.6 Å². The first-order valence-corrected chi connectivity index (χ1v) is 12.0. The summed E-state index contributed by atoms with van der Waals surface area (Å²) in [5, 5.41) is 9.37. The average Bonchev–Trinajstić information content (AvgIpc) is 3.31. The second kappa shape index (κ2) is 9.51. The zero-order valence-corrected chi connectivity index (χ0v) is 19.4. The number of halogens is 1. The van der Waals surface area contributed by atoms with E-state index in [1.165, 1.54) is 22.2 Å². The number of thioether (sulfide) groups is 1. The molecule has 6 nitrogen and oxygen atoms in total. The van der Waals surface area contributed by atoms with Crippen molar-refractivity contribution in [2.24, 2.45) is 7.05 Å². The molecular formula is C21H24ClN5OS2. The van der Waals surface area contributed by atoms with Crippen LogP contribution in [0.5, 0.6) is 0 Å². The topological polar surface area (TPSA) is 54.3 Å². The highest BCUT2D eigenvalue weighted by Crippen LogP contribution is 2.25. The fourth-order valence-corrected chi connectivity index (χ4v) is 5.45. The Bertz CT molecular complexity index is 1030. The zero-order chi connectivity index (χ0) is 21.1. The minimum atomic E-state index is 0.152. The van der Waals surface area contributed by atoms with Crippen LogP contribution in [-0.4, -0.2) is 62.4 Å². The molecule has 0 saturated carbocycles. The highest BCUT2D eigenvalue weighted by molar-refractivity contribution is 7.99. The normalized spacial score (nSPS) is 15.0. The van der Waals surface area contributed by atoms with Gasteiger partial charge in [0.15, 0.2) is 11.0 Å². The molecule has 1 aromatic carbocycles. The van der Waals surface area contributed by atoms with E-state index < -0.39 is 0 Å². The fourth-order valence-electron chi connectivity index (χ4n) is 3.51. The first-order valence-electron chi connectivity index (χ1n) is 9.83. The maximum Gasteiger partial charge on any atom is 0.233 e. The summed E-state index contributed by atoms with van der Waals surface area (Å²) in [6, 6.07) is 12.2. The third-order valence-electron chi connectivity index (χ3n) is 5.17. The van der Waals surface area contributed by atoms with Crippen LogP contribution in [0.2, 0.25) is 4.34 Å². The van der Waals surface area contributed by atoms with Gasteiger partial charge in [-0.1, -0.05) is 47.1 Å². The van der Waals surface area contributed by atoms with Crippen LogP contribution in [0.1, 0.15) is 10.4 Å². The summed E-state index contributed by atoms with van der Waals surface area (Å²) >= 11 is 9.08. The van der Waals surface area contributed by atoms with E-state index in [1.54, 1.807) is 11.3 Å². The number of carbonyl (C=O) groups is 1. The molecule has 30 heavy (non-hydrogen) atoms. The summed E-state index contributed by atoms with van der Waals surface area (Å²) in [7, 11) is 1.94. The number of thiophene rings is 1. The number of nitrogens with zero attached hydrogens (tertiary/aromatic N) is 5. The van der Waals surface area contributed by atoms with Crippen molar-refractivity contribution in [2.75, 3.05) is 31.9 Å². The maximum atomic E-state index is 12.7. The molecule has 0 spiro atoms. The van der Waals surface area contributed by atoms with E-state index in [0.717, 1.165) is 53.6 Å². The van der Waals surface area contributed by atoms with Crippen molar-refractivity contribution in [3.63, 3.8) is 0 Å². The van der Waals surface area contributed by atoms with Gasteiger partial charge in [0.25, 0.3) is 0 Å². The highest BCUT2D eigenvalue weighted by atomic mass is 35.5. The van der Waals surface area contributed by atoms with Gasteiger partial charge < -0.3 is 9.47 Å². The van der Waals surface area contributed by atoms with Gasteiger partial charge in [-0.3, -0.25) is 9.69 Å². The van der Waals surface area contributed by atoms with Crippen molar-refractivity contribution in [3.8, 4) is 11.4 Å². The number of carbonyl (C=O) groups excluding carboxylic acids is 1. The second-order valence-electron chi connectivity index (χ2n) is 7.39. The molecule has 2 aromatic heterocycles. The van der Waals surface area contributed by atoms with Gasteiger partial charge in [0.1, 0.15) is 0 Å². The van der Waals surface area contributed by atoms with Crippen LogP contribution >= 0.6 is 34.7 Å². The van der Waals surface area contributed by atoms with Gasteiger partial charge >= 0.3 is 0 Å². The summed E-state index contributed by atoms with van der Waals surface area (Å²) in [6.45, 7) is 6.23. The number of hydrogen-bond donors (Lipinski definition) is 0. The first kappa shape index (κ1) is 21.4. The molecular weight excluding hydrogens is 438 g/mol. The lowest BCUT2D eigenvalue weighted by molar-refractivity contribution is -0.130. The molecule has 9 heteroatoms. The number of aryl methyl sites for hydroxylation is 1. The van der Waals surface area contributed by atoms with Gasteiger partial charge in [0.05, 0.1) is 10.1 Å². The number of benzene rings is 1. The molecule has 0 atom stereocenters. The van der Waals surface area contributed by atoms with Crippen molar-refractivity contribution < 1.29 is 4.79 Å². The Kier molecular flexibility index (Phi) is 6.77. The van der Waals surface area contributed by atoms with Crippen LogP contribution in [0.15, 0.2) is 41.6 Å². The molecule has 3 aromatic rings. The number of piperazine rings is 1. The Morgan fingerprint density at radius 2 is 1.97 bits per heavy atom. The standard InChI is InChI=1S/C21H24ClN5OS2/c1-15-4-3-5-16(12-15)20-23-24-21(25(20)2)29-14-19(28)27-10-8-26(9-11-27)13-17-6-7-18(22)30-17/h3-7,12H,8-11,13-14H2,1-2H3. The summed E-state index contributed by atoms with van der Waals surface area (Å²) in [4.78, 5) is 18.3. The van der Waals surface area contributed by atoms with Crippen LogP contribution in [0.4, 0.5) is 0 Å². The summed E-state index contributed by atoms with van der Waals surface area (Å²) < 4.78 is 2.78. The van der Waals surface area contributed by atoms with Crippen LogP contribution in [-0.2, 0) is 18.4 Å². The predicted octanol–water partition coefficient (Wildman–Crippen LogP) is 3.94. The fraction of sp³-hybridized carbons (Fsp3) is 0.381. The summed E-state index contributed by atoms with van der Waals surface area (Å²) in [5.74, 6) is 1.34. The number of aromatic nitrogens is 3. The first-order chi connectivity index (χ1) is 14.5. The number of hydrogen-bond acceptors (Lipinski definition) is 6. The third kappa shape index (κ3) is 5.06. The van der Waals surface area contributed by atoms with Gasteiger partial charge in [-0.05, 0) is 25.1 Å². The van der Waals surface area contributed by atoms with Gasteiger partial charge in [0.2, 0.25) is 5.91 Å². The monoisotopic (exact) mass is 461 g/mol. The molecule has 1 fully saturated rings. The summed E-state index contributed by atoms with van der Waals surface area (Å²) in [5.41, 5.74) is 2.22. The van der Waals surface area contributed by atoms with E-state index in [4.69, 9.17) is 11.6 Å². The average molecular weight is 462 g/mol. The van der Waals surface area contributed by atoms with Gasteiger partial charge in [-0.15, -0.1) is 21.5 Å². The Labute approximate surface area is 189 Å². The molecule has 1 aliphatic heterocycles. The molecule has 0 N–H and O–H groups in total. The largest absolute Gasteiger partial charge is 0.339 e. The van der Waals surface area contributed by atoms with Crippen LogP contribution in [0, 0.1) is 6.92 Å². The third-order valence-corrected chi connectivity index (χ3v) is 7.39. The minimum absolute atomic E-state index is 0.152. The summed E-state index contributed by atoms with van der Waals surface area (Å²) in [6.07, 6.45) is 0. The van der Waals surface area contributed by atoms with Gasteiger partial charge in [0, 0.05) is 50.2 Å². The van der Waals surface area contributed by atoms with Crippen molar-refractivity contribution >= 4 is 40.6 Å². The molecule has 0 bridgehead atoms. The van der Waals surface area contributed by atoms with Crippen LogP contribution in [0.25, 0.3) is 11.4 Å². The van der Waals surface area contributed by atoms with E-state index in [2.05, 4.69) is 40.2 Å². The SMILES string of the molecule is Cc1cccc(-c2nnc(SCC(=O)N3CCN(Cc4ccc(Cl)s4)CC3)n2C)c1. The van der Waals surface area contributed by atoms with Crippen LogP contribution < -0.4 is 0 Å². The molecule has 0 unspecified atom stereocenters. The smallest absolute Gasteiger partial charge is 0.233 e. The van der Waals surface area contributed by atoms with Crippen LogP contribution in [0.3, 0.4) is 0 Å². The van der Waals surface area contributed by atoms with Gasteiger partial charge in [-0.25, -0.2) is 0 Å². The Balaban J connectivity index is 1.28. The molecule has 0 radical (unpaired) electrons. The molecule has 1 amide bonds. The molecule has 158 valence electrons. The molecule has 4 rings (SSSR count). The van der Waals surface area contributed by atoms with E-state index in [9.17, 15) is 4.79 Å². The lowest BCUT2D eigenvalue weighted by atomic mass is 10.1. The van der Waals surface area contributed by atoms with Gasteiger partial charge in [-0.2, -0.15) is 0 Å². The van der Waals surface area contributed by atoms with E-state index >= 15 is 0 Å². The lowest BCUT2D eigenvalue weighted by Crippen LogP contribution is -2.48. The van der Waals surface area contributed by atoms with E-state index in [-0.39, 0.29) is 5.91 Å². The molecule has 3 heterocycles. The molecule has 1 saturated heterocycles.